The van der Waals surface area contributed by atoms with Gasteiger partial charge < -0.3 is 14.4 Å². The number of nitro benzene ring substituents is 1. The van der Waals surface area contributed by atoms with Gasteiger partial charge in [-0.15, -0.1) is 0 Å². The Morgan fingerprint density at radius 2 is 1.94 bits per heavy atom. The zero-order valence-electron chi connectivity index (χ0n) is 17.0. The Kier molecular flexibility index (Phi) is 5.19. The Bertz CT molecular complexity index is 1280. The first-order valence-electron chi connectivity index (χ1n) is 9.45. The summed E-state index contributed by atoms with van der Waals surface area (Å²) in [5, 5.41) is 26.2. The summed E-state index contributed by atoms with van der Waals surface area (Å²) >= 11 is 0. The maximum Gasteiger partial charge on any atom is 0.301 e. The molecule has 0 radical (unpaired) electrons. The van der Waals surface area contributed by atoms with Crippen molar-refractivity contribution in [1.29, 1.82) is 0 Å². The minimum atomic E-state index is -1.16. The molecule has 1 atom stereocenters. The van der Waals surface area contributed by atoms with Crippen molar-refractivity contribution in [1.82, 2.24) is 5.16 Å². The molecule has 2 heterocycles. The molecule has 0 saturated carbocycles. The number of anilines is 1. The molecule has 4 rings (SSSR count). The first kappa shape index (κ1) is 20.8. The van der Waals surface area contributed by atoms with Crippen LogP contribution in [0.25, 0.3) is 5.76 Å². The first-order chi connectivity index (χ1) is 15.3. The highest BCUT2D eigenvalue weighted by atomic mass is 16.6. The molecule has 0 bridgehead atoms. The van der Waals surface area contributed by atoms with Crippen molar-refractivity contribution in [3.8, 4) is 5.75 Å². The van der Waals surface area contributed by atoms with Crippen LogP contribution in [0.5, 0.6) is 5.75 Å². The Hall–Kier alpha value is -4.47. The summed E-state index contributed by atoms with van der Waals surface area (Å²) in [5.74, 6) is -1.47. The predicted molar refractivity (Wildman–Crippen MR) is 112 cm³/mol. The summed E-state index contributed by atoms with van der Waals surface area (Å²) in [7, 11) is 1.45. The van der Waals surface area contributed by atoms with Gasteiger partial charge in [-0.05, 0) is 24.6 Å². The van der Waals surface area contributed by atoms with Crippen LogP contribution in [0.4, 0.5) is 11.5 Å². The quantitative estimate of drug-likeness (QED) is 0.211. The van der Waals surface area contributed by atoms with Gasteiger partial charge in [-0.1, -0.05) is 29.4 Å². The zero-order chi connectivity index (χ0) is 23.0. The van der Waals surface area contributed by atoms with Crippen molar-refractivity contribution >= 4 is 29.0 Å². The van der Waals surface area contributed by atoms with Gasteiger partial charge in [0, 0.05) is 23.8 Å². The molecule has 10 heteroatoms. The van der Waals surface area contributed by atoms with Crippen LogP contribution in [0, 0.1) is 17.0 Å². The van der Waals surface area contributed by atoms with Gasteiger partial charge in [0.25, 0.3) is 11.5 Å². The van der Waals surface area contributed by atoms with E-state index < -0.39 is 28.4 Å². The molecule has 1 aliphatic heterocycles. The van der Waals surface area contributed by atoms with E-state index in [-0.39, 0.29) is 28.2 Å². The molecule has 0 spiro atoms. The third kappa shape index (κ3) is 3.47. The van der Waals surface area contributed by atoms with E-state index in [1.807, 2.05) is 0 Å². The average molecular weight is 435 g/mol. The van der Waals surface area contributed by atoms with Gasteiger partial charge in [0.05, 0.1) is 23.6 Å². The third-order valence-electron chi connectivity index (χ3n) is 5.05. The summed E-state index contributed by atoms with van der Waals surface area (Å²) in [6, 6.07) is 12.1. The molecule has 32 heavy (non-hydrogen) atoms. The second-order valence-electron chi connectivity index (χ2n) is 7.05. The topological polar surface area (TPSA) is 136 Å². The maximum absolute atomic E-state index is 13.0. The fraction of sp³-hybridized carbons (Fsp3) is 0.136. The van der Waals surface area contributed by atoms with Crippen LogP contribution >= 0.6 is 0 Å². The molecular weight excluding hydrogens is 418 g/mol. The monoisotopic (exact) mass is 435 g/mol. The van der Waals surface area contributed by atoms with Crippen LogP contribution in [-0.2, 0) is 9.59 Å². The lowest BCUT2D eigenvalue weighted by atomic mass is 9.95. The Morgan fingerprint density at radius 1 is 1.19 bits per heavy atom. The Labute approximate surface area is 181 Å². The number of aliphatic hydroxyl groups is 1. The smallest absolute Gasteiger partial charge is 0.301 e. The number of nitrogens with zero attached hydrogens (tertiary/aromatic N) is 3. The van der Waals surface area contributed by atoms with E-state index in [2.05, 4.69) is 5.16 Å². The number of amides is 1. The highest BCUT2D eigenvalue weighted by Gasteiger charge is 2.48. The van der Waals surface area contributed by atoms with Crippen LogP contribution < -0.4 is 9.64 Å². The Morgan fingerprint density at radius 3 is 2.59 bits per heavy atom. The number of aliphatic hydroxyl groups excluding tert-OH is 1. The average Bonchev–Trinajstić information content (AvgIpc) is 3.34. The normalized spacial score (nSPS) is 17.6. The number of nitro groups is 1. The summed E-state index contributed by atoms with van der Waals surface area (Å²) < 4.78 is 10.2. The van der Waals surface area contributed by atoms with Crippen LogP contribution in [0.3, 0.4) is 0 Å². The molecule has 1 amide bonds. The number of benzene rings is 2. The molecule has 1 saturated heterocycles. The highest BCUT2D eigenvalue weighted by Crippen LogP contribution is 2.42. The van der Waals surface area contributed by atoms with Crippen LogP contribution in [0.15, 0.2) is 64.7 Å². The van der Waals surface area contributed by atoms with E-state index in [0.717, 1.165) is 4.90 Å². The van der Waals surface area contributed by atoms with Crippen molar-refractivity contribution in [3.63, 3.8) is 0 Å². The molecular formula is C22H17N3O7. The number of methoxy groups -OCH3 is 1. The maximum atomic E-state index is 13.0. The lowest BCUT2D eigenvalue weighted by Gasteiger charge is -2.22. The van der Waals surface area contributed by atoms with Gasteiger partial charge in [-0.3, -0.25) is 24.6 Å². The Balaban J connectivity index is 1.96. The van der Waals surface area contributed by atoms with Crippen molar-refractivity contribution in [2.75, 3.05) is 12.0 Å². The number of rotatable bonds is 5. The van der Waals surface area contributed by atoms with Gasteiger partial charge in [0.15, 0.2) is 5.82 Å². The fourth-order valence-electron chi connectivity index (χ4n) is 3.59. The van der Waals surface area contributed by atoms with Gasteiger partial charge >= 0.3 is 5.91 Å². The molecule has 2 aromatic carbocycles. The number of carbonyl (C=O) groups is 2. The van der Waals surface area contributed by atoms with Gasteiger partial charge in [0.1, 0.15) is 17.3 Å². The minimum absolute atomic E-state index is 0.0470. The molecule has 10 nitrogen and oxygen atoms in total. The second-order valence-corrected chi connectivity index (χ2v) is 7.05. The van der Waals surface area contributed by atoms with Gasteiger partial charge in [0.2, 0.25) is 0 Å². The highest BCUT2D eigenvalue weighted by molar-refractivity contribution is 6.51. The number of ketones is 1. The van der Waals surface area contributed by atoms with Crippen molar-refractivity contribution < 1.29 is 28.9 Å². The van der Waals surface area contributed by atoms with Gasteiger partial charge in [-0.2, -0.15) is 0 Å². The second kappa shape index (κ2) is 7.99. The summed E-state index contributed by atoms with van der Waals surface area (Å²) in [6.07, 6.45) is 0. The zero-order valence-corrected chi connectivity index (χ0v) is 17.0. The number of ether oxygens (including phenoxy) is 1. The largest absolute Gasteiger partial charge is 0.507 e. The summed E-state index contributed by atoms with van der Waals surface area (Å²) in [4.78, 5) is 37.8. The first-order valence-corrected chi connectivity index (χ1v) is 9.45. The number of non-ortho nitro benzene ring substituents is 1. The molecule has 1 aliphatic rings. The molecule has 1 fully saturated rings. The third-order valence-corrected chi connectivity index (χ3v) is 5.05. The molecule has 1 N–H and O–H groups in total. The lowest BCUT2D eigenvalue weighted by molar-refractivity contribution is -0.384. The fourth-order valence-corrected chi connectivity index (χ4v) is 3.59. The van der Waals surface area contributed by atoms with Crippen molar-refractivity contribution in [2.45, 2.75) is 13.0 Å². The standard InChI is InChI=1S/C22H17N3O7/c1-12-9-17(23-32-12)24-19(13-5-3-7-15(10-13)25(29)30)18(21(27)22(24)28)20(26)14-6-4-8-16(11-14)31-2/h3-11,19,26H,1-2H3/b20-18-. The number of aromatic nitrogens is 1. The molecule has 3 aromatic rings. The molecule has 1 unspecified atom stereocenters. The van der Waals surface area contributed by atoms with E-state index in [1.54, 1.807) is 25.1 Å². The van der Waals surface area contributed by atoms with E-state index in [0.29, 0.717) is 11.5 Å². The molecule has 1 aromatic heterocycles. The number of hydrogen-bond acceptors (Lipinski definition) is 8. The molecule has 162 valence electrons. The van der Waals surface area contributed by atoms with Gasteiger partial charge in [-0.25, -0.2) is 0 Å². The van der Waals surface area contributed by atoms with Crippen LogP contribution in [0.1, 0.15) is 22.9 Å². The molecule has 0 aliphatic carbocycles. The summed E-state index contributed by atoms with van der Waals surface area (Å²) in [6.45, 7) is 1.62. The number of Topliss-reactive ketones (excluding diaryl/α,β-unsaturated/α-hetero) is 1. The number of carbonyl (C=O) groups excluding carboxylic acids is 2. The van der Waals surface area contributed by atoms with E-state index in [4.69, 9.17) is 9.26 Å². The SMILES string of the molecule is COc1cccc(/C(O)=C2/C(=O)C(=O)N(c3cc(C)on3)C2c2cccc([N+](=O)[O-])c2)c1. The van der Waals surface area contributed by atoms with E-state index in [9.17, 15) is 24.8 Å². The summed E-state index contributed by atoms with van der Waals surface area (Å²) in [5.41, 5.74) is 0.0350. The number of aryl methyl sites for hydroxylation is 1. The van der Waals surface area contributed by atoms with Crippen LogP contribution in [0.2, 0.25) is 0 Å². The van der Waals surface area contributed by atoms with Crippen molar-refractivity contribution in [2.24, 2.45) is 0 Å². The van der Waals surface area contributed by atoms with Crippen molar-refractivity contribution in [3.05, 3.63) is 87.2 Å². The predicted octanol–water partition coefficient (Wildman–Crippen LogP) is 3.53. The van der Waals surface area contributed by atoms with E-state index >= 15 is 0 Å². The lowest BCUT2D eigenvalue weighted by Crippen LogP contribution is -2.29. The van der Waals surface area contributed by atoms with Crippen LogP contribution in [-0.4, -0.2) is 34.0 Å². The number of hydrogen-bond donors (Lipinski definition) is 1. The van der Waals surface area contributed by atoms with E-state index in [1.165, 1.54) is 43.5 Å². The minimum Gasteiger partial charge on any atom is -0.507 e.